The summed E-state index contributed by atoms with van der Waals surface area (Å²) < 4.78 is 0. The lowest BCUT2D eigenvalue weighted by atomic mass is 9.96. The highest BCUT2D eigenvalue weighted by Gasteiger charge is 2.31. The molecule has 0 aromatic heterocycles. The van der Waals surface area contributed by atoms with Gasteiger partial charge in [0.15, 0.2) is 0 Å². The summed E-state index contributed by atoms with van der Waals surface area (Å²) in [6.45, 7) is 0.806. The number of fused-ring (bicyclic) bond motifs is 1. The number of nitro benzene ring substituents is 1. The number of anilines is 2. The zero-order valence-electron chi connectivity index (χ0n) is 12.4. The topological polar surface area (TPSA) is 113 Å². The Labute approximate surface area is 132 Å². The van der Waals surface area contributed by atoms with E-state index in [1.165, 1.54) is 6.07 Å². The largest absolute Gasteiger partial charge is 0.481 e. The zero-order chi connectivity index (χ0) is 16.6. The minimum absolute atomic E-state index is 0.0362. The van der Waals surface area contributed by atoms with Crippen LogP contribution in [-0.4, -0.2) is 35.0 Å². The quantitative estimate of drug-likeness (QED) is 0.648. The number of carbonyl (C=O) groups is 2. The van der Waals surface area contributed by atoms with Gasteiger partial charge in [-0.05, 0) is 30.9 Å². The van der Waals surface area contributed by atoms with Crippen LogP contribution >= 0.6 is 0 Å². The van der Waals surface area contributed by atoms with Gasteiger partial charge >= 0.3 is 5.97 Å². The Morgan fingerprint density at radius 3 is 2.87 bits per heavy atom. The molecule has 1 aromatic rings. The molecular formula is C15H17N3O5. The van der Waals surface area contributed by atoms with Crippen LogP contribution in [0.3, 0.4) is 0 Å². The molecule has 0 saturated carbocycles. The van der Waals surface area contributed by atoms with E-state index in [0.717, 1.165) is 5.56 Å². The molecule has 8 heteroatoms. The van der Waals surface area contributed by atoms with Crippen LogP contribution < -0.4 is 10.2 Å². The smallest absolute Gasteiger partial charge is 0.308 e. The molecular weight excluding hydrogens is 302 g/mol. The van der Waals surface area contributed by atoms with Crippen molar-refractivity contribution in [1.82, 2.24) is 0 Å². The van der Waals surface area contributed by atoms with Gasteiger partial charge in [0.25, 0.3) is 5.69 Å². The molecule has 0 bridgehead atoms. The van der Waals surface area contributed by atoms with Crippen molar-refractivity contribution >= 4 is 28.9 Å². The van der Waals surface area contributed by atoms with Crippen molar-refractivity contribution in [3.63, 3.8) is 0 Å². The number of carbonyl (C=O) groups excluding carboxylic acids is 1. The summed E-state index contributed by atoms with van der Waals surface area (Å²) in [4.78, 5) is 35.4. The number of rotatable bonds is 3. The highest BCUT2D eigenvalue weighted by molar-refractivity contribution is 5.95. The normalized spacial score (nSPS) is 20.6. The predicted octanol–water partition coefficient (Wildman–Crippen LogP) is 1.78. The molecule has 8 nitrogen and oxygen atoms in total. The Bertz CT molecular complexity index is 688. The third kappa shape index (κ3) is 2.96. The van der Waals surface area contributed by atoms with E-state index in [4.69, 9.17) is 0 Å². The van der Waals surface area contributed by atoms with Crippen LogP contribution in [0.1, 0.15) is 24.8 Å². The Kier molecular flexibility index (Phi) is 3.89. The first-order valence-electron chi connectivity index (χ1n) is 7.54. The lowest BCUT2D eigenvalue weighted by molar-refractivity contribution is -0.384. The Hall–Kier alpha value is -2.64. The lowest BCUT2D eigenvalue weighted by Crippen LogP contribution is -2.39. The monoisotopic (exact) mass is 319 g/mol. The zero-order valence-corrected chi connectivity index (χ0v) is 12.4. The van der Waals surface area contributed by atoms with E-state index in [1.54, 1.807) is 11.0 Å². The maximum absolute atomic E-state index is 11.5. The minimum Gasteiger partial charge on any atom is -0.481 e. The maximum Gasteiger partial charge on any atom is 0.308 e. The van der Waals surface area contributed by atoms with E-state index in [0.29, 0.717) is 43.6 Å². The Morgan fingerprint density at radius 2 is 2.17 bits per heavy atom. The van der Waals surface area contributed by atoms with Crippen LogP contribution in [0.4, 0.5) is 17.1 Å². The number of nitrogens with zero attached hydrogens (tertiary/aromatic N) is 2. The fourth-order valence-electron chi connectivity index (χ4n) is 3.20. The molecule has 0 aliphatic carbocycles. The number of aliphatic carboxylic acids is 1. The minimum atomic E-state index is -0.886. The molecule has 1 saturated heterocycles. The number of hydrogen-bond acceptors (Lipinski definition) is 5. The summed E-state index contributed by atoms with van der Waals surface area (Å²) in [6, 6.07) is 3.10. The molecule has 0 spiro atoms. The van der Waals surface area contributed by atoms with E-state index < -0.39 is 16.8 Å². The first-order valence-corrected chi connectivity index (χ1v) is 7.54. The molecule has 2 aliphatic rings. The van der Waals surface area contributed by atoms with Crippen molar-refractivity contribution < 1.29 is 19.6 Å². The second-order valence-electron chi connectivity index (χ2n) is 5.93. The van der Waals surface area contributed by atoms with E-state index in [1.807, 2.05) is 0 Å². The van der Waals surface area contributed by atoms with Gasteiger partial charge in [-0.25, -0.2) is 0 Å². The average Bonchev–Trinajstić information content (AvgIpc) is 2.53. The van der Waals surface area contributed by atoms with E-state index >= 15 is 0 Å². The van der Waals surface area contributed by atoms with Gasteiger partial charge in [0.2, 0.25) is 5.91 Å². The van der Waals surface area contributed by atoms with Crippen molar-refractivity contribution in [1.29, 1.82) is 0 Å². The summed E-state index contributed by atoms with van der Waals surface area (Å²) in [5, 5.41) is 23.3. The van der Waals surface area contributed by atoms with Gasteiger partial charge in [0.05, 0.1) is 10.8 Å². The van der Waals surface area contributed by atoms with Gasteiger partial charge in [-0.1, -0.05) is 0 Å². The number of hydrogen-bond donors (Lipinski definition) is 2. The lowest BCUT2D eigenvalue weighted by Gasteiger charge is -2.33. The van der Waals surface area contributed by atoms with E-state index in [2.05, 4.69) is 5.32 Å². The summed E-state index contributed by atoms with van der Waals surface area (Å²) in [5.74, 6) is -1.53. The van der Waals surface area contributed by atoms with Crippen molar-refractivity contribution in [2.75, 3.05) is 23.3 Å². The highest BCUT2D eigenvalue weighted by atomic mass is 16.6. The number of nitrogens with one attached hydrogen (secondary N) is 1. The molecule has 122 valence electrons. The number of carboxylic acid groups (broad SMARTS) is 1. The standard InChI is InChI=1S/C15H17N3O5/c19-14-4-3-9-6-13(18(22)23)12(7-11(9)16-14)17-5-1-2-10(8-17)15(20)21/h6-7,10H,1-5,8H2,(H,16,19)(H,20,21). The van der Waals surface area contributed by atoms with Crippen LogP contribution in [0.25, 0.3) is 0 Å². The van der Waals surface area contributed by atoms with Gasteiger partial charge in [-0.15, -0.1) is 0 Å². The van der Waals surface area contributed by atoms with Crippen LogP contribution in [-0.2, 0) is 16.0 Å². The number of piperidine rings is 1. The van der Waals surface area contributed by atoms with Gasteiger partial charge < -0.3 is 15.3 Å². The molecule has 23 heavy (non-hydrogen) atoms. The van der Waals surface area contributed by atoms with E-state index in [-0.39, 0.29) is 18.1 Å². The number of carboxylic acids is 1. The maximum atomic E-state index is 11.5. The Morgan fingerprint density at radius 1 is 1.39 bits per heavy atom. The predicted molar refractivity (Wildman–Crippen MR) is 82.6 cm³/mol. The van der Waals surface area contributed by atoms with Crippen molar-refractivity contribution in [3.05, 3.63) is 27.8 Å². The molecule has 1 fully saturated rings. The van der Waals surface area contributed by atoms with Crippen LogP contribution in [0, 0.1) is 16.0 Å². The second-order valence-corrected chi connectivity index (χ2v) is 5.93. The summed E-state index contributed by atoms with van der Waals surface area (Å²) >= 11 is 0. The van der Waals surface area contributed by atoms with Crippen LogP contribution in [0.15, 0.2) is 12.1 Å². The van der Waals surface area contributed by atoms with Crippen LogP contribution in [0.5, 0.6) is 0 Å². The van der Waals surface area contributed by atoms with Gasteiger partial charge in [-0.3, -0.25) is 19.7 Å². The molecule has 1 aromatic carbocycles. The summed E-state index contributed by atoms with van der Waals surface area (Å²) in [5.41, 5.74) is 1.67. The number of benzene rings is 1. The van der Waals surface area contributed by atoms with Crippen molar-refractivity contribution in [2.24, 2.45) is 5.92 Å². The Balaban J connectivity index is 1.99. The molecule has 0 radical (unpaired) electrons. The molecule has 1 unspecified atom stereocenters. The molecule has 2 heterocycles. The first kappa shape index (κ1) is 15.3. The molecule has 1 atom stereocenters. The molecule has 3 rings (SSSR count). The van der Waals surface area contributed by atoms with Crippen molar-refractivity contribution in [3.8, 4) is 0 Å². The first-order chi connectivity index (χ1) is 11.0. The SMILES string of the molecule is O=C1CCc2cc([N+](=O)[O-])c(N3CCCC(C(=O)O)C3)cc2N1. The molecule has 1 amide bonds. The fraction of sp³-hybridized carbons (Fsp3) is 0.467. The number of amides is 1. The molecule has 2 N–H and O–H groups in total. The van der Waals surface area contributed by atoms with Gasteiger partial charge in [0.1, 0.15) is 5.69 Å². The number of nitro groups is 1. The second kappa shape index (κ2) is 5.86. The fourth-order valence-corrected chi connectivity index (χ4v) is 3.20. The van der Waals surface area contributed by atoms with Gasteiger partial charge in [0, 0.05) is 31.3 Å². The highest BCUT2D eigenvalue weighted by Crippen LogP contribution is 2.38. The third-order valence-electron chi connectivity index (χ3n) is 4.40. The van der Waals surface area contributed by atoms with Crippen molar-refractivity contribution in [2.45, 2.75) is 25.7 Å². The average molecular weight is 319 g/mol. The summed E-state index contributed by atoms with van der Waals surface area (Å²) in [7, 11) is 0. The third-order valence-corrected chi connectivity index (χ3v) is 4.40. The molecule has 2 aliphatic heterocycles. The summed E-state index contributed by atoms with van der Waals surface area (Å²) in [6.07, 6.45) is 2.02. The van der Waals surface area contributed by atoms with Crippen LogP contribution in [0.2, 0.25) is 0 Å². The number of aryl methyl sites for hydroxylation is 1. The van der Waals surface area contributed by atoms with E-state index in [9.17, 15) is 24.8 Å². The van der Waals surface area contributed by atoms with Gasteiger partial charge in [-0.2, -0.15) is 0 Å².